The average molecular weight is 376 g/mol. The second-order valence-corrected chi connectivity index (χ2v) is 6.17. The van der Waals surface area contributed by atoms with Crippen molar-refractivity contribution in [1.29, 1.82) is 0 Å². The molecule has 0 aliphatic heterocycles. The molecule has 27 heavy (non-hydrogen) atoms. The molecule has 1 unspecified atom stereocenters. The summed E-state index contributed by atoms with van der Waals surface area (Å²) in [6.07, 6.45) is 7.97. The number of aliphatic imine (C=N–C) groups is 1. The predicted molar refractivity (Wildman–Crippen MR) is 110 cm³/mol. The van der Waals surface area contributed by atoms with Gasteiger partial charge in [0.1, 0.15) is 5.84 Å². The summed E-state index contributed by atoms with van der Waals surface area (Å²) in [6.45, 7) is 3.79. The maximum atomic E-state index is 12.4. The van der Waals surface area contributed by atoms with Gasteiger partial charge in [-0.15, -0.1) is 0 Å². The first-order valence-electron chi connectivity index (χ1n) is 9.42. The van der Waals surface area contributed by atoms with Crippen molar-refractivity contribution in [1.82, 2.24) is 20.9 Å². The lowest BCUT2D eigenvalue weighted by Gasteiger charge is -2.19. The first-order chi connectivity index (χ1) is 13.1. The monoisotopic (exact) mass is 375 g/mol. The molecule has 0 spiro atoms. The van der Waals surface area contributed by atoms with Crippen LogP contribution in [0.4, 0.5) is 0 Å². The molecule has 0 saturated carbocycles. The standard InChI is InChI=1S/C19H33N7O/c1-3-9-24-18(16(14-20)19(27)25-13-12-22-2)26-17(21)6-4-5-15-7-10-23-11-8-15/h7-8,10-11,14,17,22H,3-6,9,12-13,20-21H2,1-2H3,(H,24,26)(H,25,27)/b16-14+. The molecule has 0 radical (unpaired) electrons. The Hall–Kier alpha value is -2.45. The molecule has 1 aromatic rings. The largest absolute Gasteiger partial charge is 0.404 e. The van der Waals surface area contributed by atoms with E-state index in [4.69, 9.17) is 11.5 Å². The Morgan fingerprint density at radius 2 is 2.07 bits per heavy atom. The van der Waals surface area contributed by atoms with Gasteiger partial charge in [0.05, 0.1) is 11.7 Å². The van der Waals surface area contributed by atoms with Gasteiger partial charge in [0.2, 0.25) is 0 Å². The van der Waals surface area contributed by atoms with Crippen LogP contribution < -0.4 is 27.4 Å². The number of amidine groups is 1. The molecule has 0 aromatic carbocycles. The molecule has 0 aliphatic rings. The maximum absolute atomic E-state index is 12.4. The number of amides is 1. The summed E-state index contributed by atoms with van der Waals surface area (Å²) < 4.78 is 0. The summed E-state index contributed by atoms with van der Waals surface area (Å²) in [5.74, 6) is 0.178. The van der Waals surface area contributed by atoms with Gasteiger partial charge in [-0.1, -0.05) is 6.92 Å². The van der Waals surface area contributed by atoms with Crippen molar-refractivity contribution in [2.24, 2.45) is 16.5 Å². The van der Waals surface area contributed by atoms with Gasteiger partial charge in [-0.2, -0.15) is 0 Å². The Balaban J connectivity index is 2.62. The first kappa shape index (κ1) is 22.6. The van der Waals surface area contributed by atoms with E-state index < -0.39 is 0 Å². The lowest BCUT2D eigenvalue weighted by atomic mass is 10.1. The first-order valence-corrected chi connectivity index (χ1v) is 9.42. The molecule has 8 heteroatoms. The van der Waals surface area contributed by atoms with Crippen molar-refractivity contribution in [3.63, 3.8) is 0 Å². The predicted octanol–water partition coefficient (Wildman–Crippen LogP) is 0.265. The highest BCUT2D eigenvalue weighted by atomic mass is 16.1. The molecule has 0 bridgehead atoms. The van der Waals surface area contributed by atoms with E-state index in [1.165, 1.54) is 11.8 Å². The lowest BCUT2D eigenvalue weighted by molar-refractivity contribution is -0.117. The number of pyridine rings is 1. The highest BCUT2D eigenvalue weighted by Crippen LogP contribution is 2.05. The minimum atomic E-state index is -0.317. The molecule has 8 nitrogen and oxygen atoms in total. The zero-order valence-corrected chi connectivity index (χ0v) is 16.4. The number of nitrogens with zero attached hydrogens (tertiary/aromatic N) is 2. The summed E-state index contributed by atoms with van der Waals surface area (Å²) in [7, 11) is 1.83. The third-order valence-corrected chi connectivity index (χ3v) is 3.87. The number of likely N-dealkylation sites (N-methyl/N-ethyl adjacent to an activating group) is 1. The Morgan fingerprint density at radius 3 is 2.70 bits per heavy atom. The van der Waals surface area contributed by atoms with E-state index in [9.17, 15) is 4.79 Å². The van der Waals surface area contributed by atoms with Crippen molar-refractivity contribution in [3.05, 3.63) is 41.9 Å². The number of aromatic nitrogens is 1. The van der Waals surface area contributed by atoms with Crippen molar-refractivity contribution in [3.8, 4) is 0 Å². The zero-order chi connectivity index (χ0) is 19.9. The topological polar surface area (TPSA) is 130 Å². The Bertz CT molecular complexity index is 601. The fourth-order valence-electron chi connectivity index (χ4n) is 2.41. The van der Waals surface area contributed by atoms with Crippen molar-refractivity contribution in [2.45, 2.75) is 38.8 Å². The zero-order valence-electron chi connectivity index (χ0n) is 16.4. The third-order valence-electron chi connectivity index (χ3n) is 3.87. The summed E-state index contributed by atoms with van der Waals surface area (Å²) in [4.78, 5) is 20.9. The Labute approximate surface area is 161 Å². The second kappa shape index (κ2) is 13.7. The van der Waals surface area contributed by atoms with E-state index in [1.54, 1.807) is 12.4 Å². The van der Waals surface area contributed by atoms with E-state index >= 15 is 0 Å². The van der Waals surface area contributed by atoms with Gasteiger partial charge >= 0.3 is 0 Å². The molecule has 0 aliphatic carbocycles. The number of nitrogens with one attached hydrogen (secondary N) is 3. The number of carbonyl (C=O) groups is 1. The van der Waals surface area contributed by atoms with Crippen LogP contribution >= 0.6 is 0 Å². The summed E-state index contributed by atoms with van der Waals surface area (Å²) >= 11 is 0. The minimum Gasteiger partial charge on any atom is -0.404 e. The molecule has 1 heterocycles. The molecule has 1 aromatic heterocycles. The number of aryl methyl sites for hydroxylation is 1. The number of nitrogens with two attached hydrogens (primary N) is 2. The van der Waals surface area contributed by atoms with E-state index in [0.29, 0.717) is 31.0 Å². The number of rotatable bonds is 12. The fraction of sp³-hybridized carbons (Fsp3) is 0.526. The van der Waals surface area contributed by atoms with Crippen LogP contribution in [0.1, 0.15) is 31.7 Å². The SMILES string of the molecule is CCCN=C(NC(N)CCCc1ccncc1)/C(=C\N)C(=O)NCCNC. The van der Waals surface area contributed by atoms with Gasteiger partial charge in [-0.05, 0) is 50.4 Å². The highest BCUT2D eigenvalue weighted by Gasteiger charge is 2.17. The summed E-state index contributed by atoms with van der Waals surface area (Å²) in [6, 6.07) is 4.00. The van der Waals surface area contributed by atoms with Gasteiger partial charge in [0.15, 0.2) is 0 Å². The van der Waals surface area contributed by atoms with Crippen LogP contribution in [0.3, 0.4) is 0 Å². The molecular formula is C19H33N7O. The van der Waals surface area contributed by atoms with Crippen molar-refractivity contribution in [2.75, 3.05) is 26.7 Å². The quantitative estimate of drug-likeness (QED) is 0.117. The number of carbonyl (C=O) groups excluding carboxylic acids is 1. The van der Waals surface area contributed by atoms with Crippen LogP contribution in [0.5, 0.6) is 0 Å². The molecule has 1 atom stereocenters. The van der Waals surface area contributed by atoms with Gasteiger partial charge in [0, 0.05) is 38.2 Å². The van der Waals surface area contributed by atoms with E-state index in [2.05, 4.69) is 25.9 Å². The van der Waals surface area contributed by atoms with Crippen LogP contribution in [0.15, 0.2) is 41.3 Å². The third kappa shape index (κ3) is 9.16. The smallest absolute Gasteiger partial charge is 0.256 e. The number of hydrogen-bond donors (Lipinski definition) is 5. The highest BCUT2D eigenvalue weighted by molar-refractivity contribution is 6.20. The summed E-state index contributed by atoms with van der Waals surface area (Å²) in [5, 5.41) is 8.94. The molecule has 1 amide bonds. The average Bonchev–Trinajstić information content (AvgIpc) is 2.67. The molecule has 0 fully saturated rings. The van der Waals surface area contributed by atoms with Crippen LogP contribution in [-0.2, 0) is 11.2 Å². The minimum absolute atomic E-state index is 0.265. The Kier molecular flexibility index (Phi) is 11.5. The second-order valence-electron chi connectivity index (χ2n) is 6.17. The van der Waals surface area contributed by atoms with Crippen molar-refractivity contribution < 1.29 is 4.79 Å². The normalized spacial score (nSPS) is 13.3. The van der Waals surface area contributed by atoms with Crippen molar-refractivity contribution >= 4 is 11.7 Å². The molecule has 150 valence electrons. The summed E-state index contributed by atoms with van der Waals surface area (Å²) in [5.41, 5.74) is 13.4. The maximum Gasteiger partial charge on any atom is 0.256 e. The molecule has 7 N–H and O–H groups in total. The molecule has 0 saturated heterocycles. The Morgan fingerprint density at radius 1 is 1.33 bits per heavy atom. The van der Waals surface area contributed by atoms with Crippen LogP contribution in [-0.4, -0.2) is 49.6 Å². The molecule has 1 rings (SSSR count). The number of hydrogen-bond acceptors (Lipinski definition) is 6. The van der Waals surface area contributed by atoms with Gasteiger partial charge < -0.3 is 27.4 Å². The van der Waals surface area contributed by atoms with Gasteiger partial charge in [-0.3, -0.25) is 14.8 Å². The van der Waals surface area contributed by atoms with Gasteiger partial charge in [0.25, 0.3) is 5.91 Å². The van der Waals surface area contributed by atoms with Crippen LogP contribution in [0.25, 0.3) is 0 Å². The van der Waals surface area contributed by atoms with E-state index in [0.717, 1.165) is 25.7 Å². The van der Waals surface area contributed by atoms with Crippen LogP contribution in [0.2, 0.25) is 0 Å². The fourth-order valence-corrected chi connectivity index (χ4v) is 2.41. The lowest BCUT2D eigenvalue weighted by Crippen LogP contribution is -2.45. The van der Waals surface area contributed by atoms with Gasteiger partial charge in [-0.25, -0.2) is 0 Å². The molecular weight excluding hydrogens is 342 g/mol. The van der Waals surface area contributed by atoms with E-state index in [-0.39, 0.29) is 12.1 Å². The van der Waals surface area contributed by atoms with Crippen LogP contribution in [0, 0.1) is 0 Å². The van der Waals surface area contributed by atoms with E-state index in [1.807, 2.05) is 26.1 Å².